The van der Waals surface area contributed by atoms with Gasteiger partial charge in [0.1, 0.15) is 11.8 Å². The molecule has 0 saturated heterocycles. The van der Waals surface area contributed by atoms with E-state index in [1.165, 1.54) is 0 Å². The molecule has 0 radical (unpaired) electrons. The van der Waals surface area contributed by atoms with E-state index in [1.54, 1.807) is 30.2 Å². The van der Waals surface area contributed by atoms with Crippen LogP contribution in [-0.4, -0.2) is 35.9 Å². The van der Waals surface area contributed by atoms with Crippen LogP contribution in [0.5, 0.6) is 5.75 Å². The third-order valence-electron chi connectivity index (χ3n) is 5.24. The number of methoxy groups -OCH3 is 1. The quantitative estimate of drug-likeness (QED) is 0.520. The predicted octanol–water partition coefficient (Wildman–Crippen LogP) is 5.27. The molecule has 0 bridgehead atoms. The zero-order chi connectivity index (χ0) is 23.0. The molecule has 0 fully saturated rings. The molecule has 2 aromatic carbocycles. The lowest BCUT2D eigenvalue weighted by Crippen LogP contribution is -2.51. The largest absolute Gasteiger partial charge is 0.497 e. The van der Waals surface area contributed by atoms with Gasteiger partial charge in [-0.25, -0.2) is 0 Å². The zero-order valence-corrected chi connectivity index (χ0v) is 20.0. The Labute approximate surface area is 194 Å². The normalized spacial score (nSPS) is 12.7. The minimum atomic E-state index is -0.577. The summed E-state index contributed by atoms with van der Waals surface area (Å²) < 4.78 is 5.22. The molecule has 31 heavy (non-hydrogen) atoms. The van der Waals surface area contributed by atoms with Gasteiger partial charge in [-0.15, -0.1) is 0 Å². The molecule has 2 aromatic rings. The highest BCUT2D eigenvalue weighted by Crippen LogP contribution is 2.24. The van der Waals surface area contributed by atoms with Crippen molar-refractivity contribution in [3.05, 3.63) is 63.6 Å². The Bertz CT molecular complexity index is 887. The van der Waals surface area contributed by atoms with Gasteiger partial charge in [-0.05, 0) is 55.2 Å². The van der Waals surface area contributed by atoms with Gasteiger partial charge in [0.2, 0.25) is 11.8 Å². The summed E-state index contributed by atoms with van der Waals surface area (Å²) in [5.74, 6) is 0.437. The van der Waals surface area contributed by atoms with Gasteiger partial charge < -0.3 is 15.0 Å². The van der Waals surface area contributed by atoms with Crippen molar-refractivity contribution in [2.75, 3.05) is 7.11 Å². The van der Waals surface area contributed by atoms with E-state index in [4.69, 9.17) is 27.9 Å². The third kappa shape index (κ3) is 7.15. The molecular formula is C24H30Cl2N2O3. The molecule has 0 aromatic heterocycles. The van der Waals surface area contributed by atoms with E-state index in [-0.39, 0.29) is 24.3 Å². The van der Waals surface area contributed by atoms with Crippen molar-refractivity contribution in [3.63, 3.8) is 0 Å². The highest BCUT2D eigenvalue weighted by Gasteiger charge is 2.29. The second-order valence-corrected chi connectivity index (χ2v) is 8.35. The Kier molecular flexibility index (Phi) is 9.66. The van der Waals surface area contributed by atoms with Crippen molar-refractivity contribution in [2.45, 2.75) is 58.7 Å². The minimum Gasteiger partial charge on any atom is -0.497 e. The van der Waals surface area contributed by atoms with Crippen LogP contribution in [0.4, 0.5) is 0 Å². The molecule has 0 heterocycles. The van der Waals surface area contributed by atoms with Crippen molar-refractivity contribution < 1.29 is 14.3 Å². The summed E-state index contributed by atoms with van der Waals surface area (Å²) in [6, 6.07) is 12.1. The molecule has 0 spiro atoms. The number of amides is 2. The predicted molar refractivity (Wildman–Crippen MR) is 126 cm³/mol. The Morgan fingerprint density at radius 2 is 1.65 bits per heavy atom. The van der Waals surface area contributed by atoms with Gasteiger partial charge in [-0.2, -0.15) is 0 Å². The Hall–Kier alpha value is -2.24. The van der Waals surface area contributed by atoms with Crippen molar-refractivity contribution in [2.24, 2.45) is 0 Å². The maximum absolute atomic E-state index is 13.3. The fourth-order valence-electron chi connectivity index (χ4n) is 3.21. The summed E-state index contributed by atoms with van der Waals surface area (Å²) in [6.07, 6.45) is 1.45. The van der Waals surface area contributed by atoms with Gasteiger partial charge in [0.05, 0.1) is 23.6 Å². The smallest absolute Gasteiger partial charge is 0.243 e. The highest BCUT2D eigenvalue weighted by atomic mass is 35.5. The average Bonchev–Trinajstić information content (AvgIpc) is 2.76. The maximum atomic E-state index is 13.3. The third-order valence-corrected chi connectivity index (χ3v) is 5.98. The molecular weight excluding hydrogens is 435 g/mol. The SMILES string of the molecule is CC[C@H](C)NC(=O)[C@H](CC)N(Cc1ccc(OC)cc1)C(=O)Cc1ccc(Cl)c(Cl)c1. The van der Waals surface area contributed by atoms with Crippen LogP contribution in [0.2, 0.25) is 10.0 Å². The zero-order valence-electron chi connectivity index (χ0n) is 18.5. The van der Waals surface area contributed by atoms with Crippen molar-refractivity contribution in [3.8, 4) is 5.75 Å². The van der Waals surface area contributed by atoms with Crippen LogP contribution in [0.15, 0.2) is 42.5 Å². The van der Waals surface area contributed by atoms with Crippen LogP contribution >= 0.6 is 23.2 Å². The topological polar surface area (TPSA) is 58.6 Å². The molecule has 0 aliphatic rings. The van der Waals surface area contributed by atoms with Crippen LogP contribution in [-0.2, 0) is 22.6 Å². The summed E-state index contributed by atoms with van der Waals surface area (Å²) in [7, 11) is 1.61. The van der Waals surface area contributed by atoms with Crippen LogP contribution < -0.4 is 10.1 Å². The standard InChI is InChI=1S/C24H30Cl2N2O3/c1-5-16(3)27-24(30)22(6-2)28(15-17-7-10-19(31-4)11-8-17)23(29)14-18-9-12-20(25)21(26)13-18/h7-13,16,22H,5-6,14-15H2,1-4H3,(H,27,30)/t16-,22-/m0/s1. The van der Waals surface area contributed by atoms with Crippen LogP contribution in [0.3, 0.4) is 0 Å². The fourth-order valence-corrected chi connectivity index (χ4v) is 3.53. The van der Waals surface area contributed by atoms with Gasteiger partial charge in [0.15, 0.2) is 0 Å². The minimum absolute atomic E-state index is 0.0366. The number of ether oxygens (including phenoxy) is 1. The summed E-state index contributed by atoms with van der Waals surface area (Å²) in [4.78, 5) is 28.0. The number of hydrogen-bond acceptors (Lipinski definition) is 3. The molecule has 168 valence electrons. The first-order valence-electron chi connectivity index (χ1n) is 10.5. The first kappa shape index (κ1) is 25.0. The lowest BCUT2D eigenvalue weighted by Gasteiger charge is -2.31. The Morgan fingerprint density at radius 3 is 2.19 bits per heavy atom. The summed E-state index contributed by atoms with van der Waals surface area (Å²) in [6.45, 7) is 6.19. The van der Waals surface area contributed by atoms with Gasteiger partial charge in [0.25, 0.3) is 0 Å². The summed E-state index contributed by atoms with van der Waals surface area (Å²) >= 11 is 12.1. The molecule has 2 amide bonds. The maximum Gasteiger partial charge on any atom is 0.243 e. The van der Waals surface area contributed by atoms with Crippen molar-refractivity contribution in [1.82, 2.24) is 10.2 Å². The van der Waals surface area contributed by atoms with E-state index in [9.17, 15) is 9.59 Å². The van der Waals surface area contributed by atoms with Crippen LogP contribution in [0.1, 0.15) is 44.7 Å². The fraction of sp³-hybridized carbons (Fsp3) is 0.417. The molecule has 0 unspecified atom stereocenters. The first-order chi connectivity index (χ1) is 14.8. The van der Waals surface area contributed by atoms with Gasteiger partial charge in [-0.3, -0.25) is 9.59 Å². The number of nitrogens with one attached hydrogen (secondary N) is 1. The first-order valence-corrected chi connectivity index (χ1v) is 11.2. The molecule has 7 heteroatoms. The lowest BCUT2D eigenvalue weighted by molar-refractivity contribution is -0.141. The second kappa shape index (κ2) is 12.0. The monoisotopic (exact) mass is 464 g/mol. The molecule has 2 atom stereocenters. The molecule has 2 rings (SSSR count). The van der Waals surface area contributed by atoms with Crippen molar-refractivity contribution in [1.29, 1.82) is 0 Å². The van der Waals surface area contributed by atoms with Crippen LogP contribution in [0, 0.1) is 0 Å². The lowest BCUT2D eigenvalue weighted by atomic mass is 10.1. The number of carbonyl (C=O) groups excluding carboxylic acids is 2. The van der Waals surface area contributed by atoms with E-state index >= 15 is 0 Å². The number of hydrogen-bond donors (Lipinski definition) is 1. The summed E-state index contributed by atoms with van der Waals surface area (Å²) in [5.41, 5.74) is 1.66. The molecule has 0 saturated carbocycles. The van der Waals surface area contributed by atoms with Gasteiger partial charge >= 0.3 is 0 Å². The number of benzene rings is 2. The number of halogens is 2. The molecule has 0 aliphatic heterocycles. The Balaban J connectivity index is 2.30. The van der Waals surface area contributed by atoms with E-state index in [0.717, 1.165) is 23.3 Å². The number of nitrogens with zero attached hydrogens (tertiary/aromatic N) is 1. The number of rotatable bonds is 10. The van der Waals surface area contributed by atoms with E-state index in [0.29, 0.717) is 23.0 Å². The van der Waals surface area contributed by atoms with E-state index < -0.39 is 6.04 Å². The van der Waals surface area contributed by atoms with Crippen LogP contribution in [0.25, 0.3) is 0 Å². The molecule has 1 N–H and O–H groups in total. The summed E-state index contributed by atoms with van der Waals surface area (Å²) in [5, 5.41) is 3.84. The molecule has 0 aliphatic carbocycles. The van der Waals surface area contributed by atoms with E-state index in [2.05, 4.69) is 5.32 Å². The second-order valence-electron chi connectivity index (χ2n) is 7.54. The van der Waals surface area contributed by atoms with Crippen molar-refractivity contribution >= 4 is 35.0 Å². The average molecular weight is 465 g/mol. The van der Waals surface area contributed by atoms with E-state index in [1.807, 2.05) is 45.0 Å². The highest BCUT2D eigenvalue weighted by molar-refractivity contribution is 6.42. The van der Waals surface area contributed by atoms with Gasteiger partial charge in [0, 0.05) is 12.6 Å². The molecule has 5 nitrogen and oxygen atoms in total. The number of carbonyl (C=O) groups is 2. The Morgan fingerprint density at radius 1 is 1.00 bits per heavy atom. The van der Waals surface area contributed by atoms with Gasteiger partial charge in [-0.1, -0.05) is 55.2 Å².